The molecule has 0 atom stereocenters. The van der Waals surface area contributed by atoms with E-state index in [0.29, 0.717) is 5.57 Å². The highest BCUT2D eigenvalue weighted by molar-refractivity contribution is 6.06. The van der Waals surface area contributed by atoms with Gasteiger partial charge in [-0.15, -0.1) is 0 Å². The maximum atomic E-state index is 11.9. The topological polar surface area (TPSA) is 26.3 Å². The molecule has 2 aromatic rings. The molecule has 0 spiro atoms. The van der Waals surface area contributed by atoms with Gasteiger partial charge < -0.3 is 0 Å². The van der Waals surface area contributed by atoms with Gasteiger partial charge in [-0.2, -0.15) is 0 Å². The smallest absolute Gasteiger partial charge is 0.250 e. The molecule has 2 aromatic carbocycles. The molecule has 3 rings (SSSR count). The summed E-state index contributed by atoms with van der Waals surface area (Å²) in [6.45, 7) is 0. The molecule has 0 amide bonds. The lowest BCUT2D eigenvalue weighted by Gasteiger charge is -2.00. The van der Waals surface area contributed by atoms with E-state index in [2.05, 4.69) is 4.94 Å². The maximum absolute atomic E-state index is 11.9. The Morgan fingerprint density at radius 3 is 1.78 bits per heavy atom. The molecule has 1 aliphatic carbocycles. The van der Waals surface area contributed by atoms with Crippen molar-refractivity contribution < 1.29 is 14.3 Å². The zero-order chi connectivity index (χ0) is 12.5. The van der Waals surface area contributed by atoms with E-state index in [-0.39, 0.29) is 0 Å². The number of halogens is 1. The molecule has 0 heterocycles. The largest absolute Gasteiger partial charge is 0.373 e. The molecule has 18 heavy (non-hydrogen) atoms. The second kappa shape index (κ2) is 4.11. The van der Waals surface area contributed by atoms with Gasteiger partial charge in [0, 0.05) is 10.6 Å². The number of carbonyl (C=O) groups excluding carboxylic acids is 1. The molecular weight excluding hydrogens is 231 g/mol. The Morgan fingerprint density at radius 1 is 0.889 bits per heavy atom. The summed E-state index contributed by atoms with van der Waals surface area (Å²) in [4.78, 5) is 14.3. The van der Waals surface area contributed by atoms with Crippen LogP contribution in [0.1, 0.15) is 11.1 Å². The Bertz CT molecular complexity index is 612. The number of benzene rings is 2. The second-order valence-electron chi connectivity index (χ2n) is 4.05. The van der Waals surface area contributed by atoms with Gasteiger partial charge in [0.05, 0.1) is 0 Å². The Balaban J connectivity index is 2.27. The Hall–Kier alpha value is -2.42. The first kappa shape index (κ1) is 10.7. The van der Waals surface area contributed by atoms with Crippen LogP contribution in [0.15, 0.2) is 54.6 Å². The van der Waals surface area contributed by atoms with Gasteiger partial charge in [-0.25, -0.2) is 4.79 Å². The van der Waals surface area contributed by atoms with Crippen LogP contribution < -0.4 is 0 Å². The fourth-order valence-electron chi connectivity index (χ4n) is 2.35. The van der Waals surface area contributed by atoms with Crippen molar-refractivity contribution in [2.75, 3.05) is 0 Å². The number of rotatable bonds is 1. The van der Waals surface area contributed by atoms with Gasteiger partial charge >= 0.3 is 5.97 Å². The summed E-state index contributed by atoms with van der Waals surface area (Å²) >= 11 is 0. The lowest BCUT2D eigenvalue weighted by Crippen LogP contribution is -1.93. The fourth-order valence-corrected chi connectivity index (χ4v) is 2.35. The first-order valence-corrected chi connectivity index (χ1v) is 5.54. The Kier molecular flexibility index (Phi) is 2.45. The van der Waals surface area contributed by atoms with Crippen molar-refractivity contribution in [1.82, 2.24) is 0 Å². The van der Waals surface area contributed by atoms with E-state index < -0.39 is 5.97 Å². The molecule has 0 fully saturated rings. The van der Waals surface area contributed by atoms with Crippen molar-refractivity contribution in [3.63, 3.8) is 0 Å². The molecule has 0 N–H and O–H groups in total. The zero-order valence-corrected chi connectivity index (χ0v) is 9.39. The van der Waals surface area contributed by atoms with Crippen LogP contribution in [0.4, 0.5) is 4.53 Å². The lowest BCUT2D eigenvalue weighted by molar-refractivity contribution is -0.176. The van der Waals surface area contributed by atoms with Crippen LogP contribution in [0, 0.1) is 0 Å². The summed E-state index contributed by atoms with van der Waals surface area (Å²) in [6.07, 6.45) is 1.19. The quantitative estimate of drug-likeness (QED) is 0.608. The minimum atomic E-state index is -0.989. The number of fused-ring (bicyclic) bond motifs is 3. The van der Waals surface area contributed by atoms with Gasteiger partial charge in [-0.3, -0.25) is 4.94 Å². The monoisotopic (exact) mass is 240 g/mol. The van der Waals surface area contributed by atoms with Gasteiger partial charge in [-0.05, 0) is 27.8 Å². The van der Waals surface area contributed by atoms with Gasteiger partial charge in [0.25, 0.3) is 0 Å². The van der Waals surface area contributed by atoms with Crippen molar-refractivity contribution in [3.8, 4) is 11.1 Å². The summed E-state index contributed by atoms with van der Waals surface area (Å²) in [5.74, 6) is -0.989. The Morgan fingerprint density at radius 2 is 1.33 bits per heavy atom. The standard InChI is InChI=1S/C15H9FO2/c16-18-15(17)9-14-12-7-3-1-5-10(12)11-6-2-4-8-13(11)14/h1-9H. The highest BCUT2D eigenvalue weighted by atomic mass is 19.3. The molecule has 0 radical (unpaired) electrons. The molecule has 1 aliphatic rings. The molecule has 0 saturated heterocycles. The van der Waals surface area contributed by atoms with Crippen LogP contribution in [0.3, 0.4) is 0 Å². The zero-order valence-electron chi connectivity index (χ0n) is 9.39. The first-order valence-electron chi connectivity index (χ1n) is 5.54. The lowest BCUT2D eigenvalue weighted by atomic mass is 10.0. The summed E-state index contributed by atoms with van der Waals surface area (Å²) in [6, 6.07) is 15.4. The molecule has 0 unspecified atom stereocenters. The summed E-state index contributed by atoms with van der Waals surface area (Å²) in [7, 11) is 0. The highest BCUT2D eigenvalue weighted by Crippen LogP contribution is 2.43. The molecular formula is C15H9FO2. The molecule has 0 aromatic heterocycles. The van der Waals surface area contributed by atoms with Crippen LogP contribution >= 0.6 is 0 Å². The van der Waals surface area contributed by atoms with Crippen LogP contribution in [-0.4, -0.2) is 5.97 Å². The third kappa shape index (κ3) is 1.52. The van der Waals surface area contributed by atoms with E-state index in [1.165, 1.54) is 6.08 Å². The Labute approximate surface area is 103 Å². The third-order valence-electron chi connectivity index (χ3n) is 3.06. The summed E-state index contributed by atoms with van der Waals surface area (Å²) in [5.41, 5.74) is 4.63. The molecule has 3 heteroatoms. The molecule has 0 bridgehead atoms. The van der Waals surface area contributed by atoms with Crippen molar-refractivity contribution in [3.05, 3.63) is 65.7 Å². The van der Waals surface area contributed by atoms with E-state index in [4.69, 9.17) is 0 Å². The molecule has 88 valence electrons. The van der Waals surface area contributed by atoms with Crippen LogP contribution in [-0.2, 0) is 9.74 Å². The van der Waals surface area contributed by atoms with E-state index in [0.717, 1.165) is 22.3 Å². The number of carbonyl (C=O) groups is 1. The molecule has 0 aliphatic heterocycles. The average molecular weight is 240 g/mol. The van der Waals surface area contributed by atoms with Gasteiger partial charge in [0.2, 0.25) is 0 Å². The summed E-state index contributed by atoms with van der Waals surface area (Å²) in [5, 5.41) is 0. The molecule has 0 saturated carbocycles. The predicted octanol–water partition coefficient (Wildman–Crippen LogP) is 3.53. The maximum Gasteiger partial charge on any atom is 0.373 e. The molecule has 2 nitrogen and oxygen atoms in total. The highest BCUT2D eigenvalue weighted by Gasteiger charge is 2.23. The van der Waals surface area contributed by atoms with Crippen LogP contribution in [0.2, 0.25) is 0 Å². The number of hydrogen-bond acceptors (Lipinski definition) is 2. The normalized spacial score (nSPS) is 11.7. The second-order valence-corrected chi connectivity index (χ2v) is 4.05. The van der Waals surface area contributed by atoms with Crippen LogP contribution in [0.5, 0.6) is 0 Å². The minimum Gasteiger partial charge on any atom is -0.250 e. The van der Waals surface area contributed by atoms with Gasteiger partial charge in [-0.1, -0.05) is 48.5 Å². The van der Waals surface area contributed by atoms with E-state index in [9.17, 15) is 9.32 Å². The third-order valence-corrected chi connectivity index (χ3v) is 3.06. The average Bonchev–Trinajstić information content (AvgIpc) is 2.74. The van der Waals surface area contributed by atoms with E-state index >= 15 is 0 Å². The number of hydrogen-bond donors (Lipinski definition) is 0. The van der Waals surface area contributed by atoms with Crippen molar-refractivity contribution in [2.24, 2.45) is 0 Å². The van der Waals surface area contributed by atoms with Gasteiger partial charge in [0.15, 0.2) is 0 Å². The SMILES string of the molecule is O=C(C=C1c2ccccc2-c2ccccc21)OF. The predicted molar refractivity (Wildman–Crippen MR) is 66.2 cm³/mol. The summed E-state index contributed by atoms with van der Waals surface area (Å²) < 4.78 is 11.9. The van der Waals surface area contributed by atoms with E-state index in [1.807, 2.05) is 48.5 Å². The van der Waals surface area contributed by atoms with Gasteiger partial charge in [0.1, 0.15) is 0 Å². The first-order chi connectivity index (χ1) is 8.81. The van der Waals surface area contributed by atoms with Crippen LogP contribution in [0.25, 0.3) is 16.7 Å². The van der Waals surface area contributed by atoms with Crippen molar-refractivity contribution >= 4 is 11.5 Å². The van der Waals surface area contributed by atoms with Crippen molar-refractivity contribution in [2.45, 2.75) is 0 Å². The van der Waals surface area contributed by atoms with E-state index in [1.54, 1.807) is 0 Å². The van der Waals surface area contributed by atoms with Crippen molar-refractivity contribution in [1.29, 1.82) is 0 Å². The fraction of sp³-hybridized carbons (Fsp3) is 0. The minimum absolute atomic E-state index is 0.698.